The number of allylic oxidation sites excluding steroid dienone is 6. The van der Waals surface area contributed by atoms with E-state index in [1.807, 2.05) is 30.5 Å². The summed E-state index contributed by atoms with van der Waals surface area (Å²) in [5.74, 6) is -0.307. The van der Waals surface area contributed by atoms with E-state index in [1.54, 1.807) is 19.9 Å². The second-order valence-electron chi connectivity index (χ2n) is 4.63. The Morgan fingerprint density at radius 2 is 2.00 bits per heavy atom. The molecule has 0 aliphatic rings. The minimum atomic E-state index is -0.307. The molecule has 1 aromatic heterocycles. The molecule has 1 N–H and O–H groups in total. The van der Waals surface area contributed by atoms with Gasteiger partial charge in [-0.2, -0.15) is 0 Å². The number of fused-ring (bicyclic) bond motifs is 1. The summed E-state index contributed by atoms with van der Waals surface area (Å²) in [6, 6.07) is 7.72. The van der Waals surface area contributed by atoms with Crippen molar-refractivity contribution in [2.24, 2.45) is 0 Å². The molecule has 0 saturated heterocycles. The number of benzene rings is 1. The molecule has 0 radical (unpaired) electrons. The average molecular weight is 269 g/mol. The van der Waals surface area contributed by atoms with Crippen LogP contribution in [0.25, 0.3) is 16.5 Å². The number of aldehydes is 1. The van der Waals surface area contributed by atoms with Crippen molar-refractivity contribution in [3.63, 3.8) is 0 Å². The van der Waals surface area contributed by atoms with Gasteiger partial charge in [-0.1, -0.05) is 12.1 Å². The van der Waals surface area contributed by atoms with Gasteiger partial charge in [-0.15, -0.1) is 0 Å². The van der Waals surface area contributed by atoms with E-state index in [0.29, 0.717) is 17.4 Å². The molecular weight excluding hydrogens is 253 g/mol. The summed E-state index contributed by atoms with van der Waals surface area (Å²) in [7, 11) is 0. The SMILES string of the molecule is CC(/C=C/C(F)=C(/C)c1ccc2[nH]ccc2c1)=C\C=O. The maximum absolute atomic E-state index is 14.1. The van der Waals surface area contributed by atoms with E-state index in [4.69, 9.17) is 0 Å². The number of aromatic nitrogens is 1. The van der Waals surface area contributed by atoms with Crippen molar-refractivity contribution in [3.8, 4) is 0 Å². The second kappa shape index (κ2) is 6.15. The number of rotatable bonds is 4. The highest BCUT2D eigenvalue weighted by Gasteiger charge is 2.03. The summed E-state index contributed by atoms with van der Waals surface area (Å²) in [6.07, 6.45) is 6.91. The van der Waals surface area contributed by atoms with Crippen molar-refractivity contribution in [2.45, 2.75) is 13.8 Å². The first-order valence-electron chi connectivity index (χ1n) is 6.36. The van der Waals surface area contributed by atoms with Crippen LogP contribution < -0.4 is 0 Å². The summed E-state index contributed by atoms with van der Waals surface area (Å²) in [5.41, 5.74) is 3.16. The molecule has 0 atom stereocenters. The van der Waals surface area contributed by atoms with Gasteiger partial charge in [0.2, 0.25) is 0 Å². The number of halogens is 1. The highest BCUT2D eigenvalue weighted by molar-refractivity contribution is 5.84. The predicted octanol–water partition coefficient (Wildman–Crippen LogP) is 4.57. The summed E-state index contributed by atoms with van der Waals surface area (Å²) >= 11 is 0. The van der Waals surface area contributed by atoms with E-state index >= 15 is 0 Å². The van der Waals surface area contributed by atoms with Crippen LogP contribution in [0.2, 0.25) is 0 Å². The molecule has 0 unspecified atom stereocenters. The highest BCUT2D eigenvalue weighted by Crippen LogP contribution is 2.24. The lowest BCUT2D eigenvalue weighted by atomic mass is 10.0. The molecule has 0 saturated carbocycles. The lowest BCUT2D eigenvalue weighted by Gasteiger charge is -2.03. The van der Waals surface area contributed by atoms with Crippen LogP contribution in [0.5, 0.6) is 0 Å². The molecule has 0 aliphatic heterocycles. The van der Waals surface area contributed by atoms with Crippen LogP contribution in [0.4, 0.5) is 4.39 Å². The van der Waals surface area contributed by atoms with E-state index < -0.39 is 0 Å². The van der Waals surface area contributed by atoms with Crippen molar-refractivity contribution in [2.75, 3.05) is 0 Å². The molecule has 2 nitrogen and oxygen atoms in total. The maximum Gasteiger partial charge on any atom is 0.143 e. The molecule has 2 aromatic rings. The Bertz CT molecular complexity index is 719. The predicted molar refractivity (Wildman–Crippen MR) is 81.0 cm³/mol. The van der Waals surface area contributed by atoms with Gasteiger partial charge in [-0.05, 0) is 66.3 Å². The maximum atomic E-state index is 14.1. The summed E-state index contributed by atoms with van der Waals surface area (Å²) < 4.78 is 14.1. The summed E-state index contributed by atoms with van der Waals surface area (Å²) in [6.45, 7) is 3.49. The Balaban J connectivity index is 2.32. The molecular formula is C17H16FNO. The molecule has 0 bridgehead atoms. The van der Waals surface area contributed by atoms with Crippen LogP contribution in [-0.4, -0.2) is 11.3 Å². The number of carbonyl (C=O) groups excluding carboxylic acids is 1. The number of aromatic amines is 1. The van der Waals surface area contributed by atoms with Crippen LogP contribution in [0.15, 0.2) is 60.1 Å². The van der Waals surface area contributed by atoms with Gasteiger partial charge in [-0.25, -0.2) is 4.39 Å². The zero-order valence-corrected chi connectivity index (χ0v) is 11.5. The highest BCUT2D eigenvalue weighted by atomic mass is 19.1. The van der Waals surface area contributed by atoms with Gasteiger partial charge in [0.05, 0.1) is 0 Å². The molecule has 0 amide bonds. The second-order valence-corrected chi connectivity index (χ2v) is 4.63. The fourth-order valence-corrected chi connectivity index (χ4v) is 1.92. The van der Waals surface area contributed by atoms with Gasteiger partial charge in [0.15, 0.2) is 0 Å². The van der Waals surface area contributed by atoms with E-state index in [1.165, 1.54) is 12.2 Å². The van der Waals surface area contributed by atoms with Crippen molar-refractivity contribution >= 4 is 22.8 Å². The standard InChI is InChI=1S/C17H16FNO/c1-12(8-10-20)3-5-16(18)13(2)14-4-6-17-15(11-14)7-9-19-17/h3-11,19H,1-2H3/b5-3+,12-8+,16-13+. The lowest BCUT2D eigenvalue weighted by Crippen LogP contribution is -1.83. The molecule has 1 aromatic carbocycles. The Kier molecular flexibility index (Phi) is 4.31. The normalized spacial score (nSPS) is 13.8. The van der Waals surface area contributed by atoms with Gasteiger partial charge in [0.25, 0.3) is 0 Å². The minimum Gasteiger partial charge on any atom is -0.361 e. The number of hydrogen-bond donors (Lipinski definition) is 1. The van der Waals surface area contributed by atoms with Gasteiger partial charge in [0.1, 0.15) is 12.1 Å². The van der Waals surface area contributed by atoms with Gasteiger partial charge >= 0.3 is 0 Å². The number of hydrogen-bond acceptors (Lipinski definition) is 1. The first-order valence-corrected chi connectivity index (χ1v) is 6.36. The van der Waals surface area contributed by atoms with Crippen LogP contribution in [0, 0.1) is 0 Å². The van der Waals surface area contributed by atoms with Crippen LogP contribution in [0.1, 0.15) is 19.4 Å². The van der Waals surface area contributed by atoms with E-state index in [2.05, 4.69) is 4.98 Å². The third kappa shape index (κ3) is 3.12. The van der Waals surface area contributed by atoms with Gasteiger partial charge < -0.3 is 4.98 Å². The number of H-pyrrole nitrogens is 1. The Morgan fingerprint density at radius 3 is 2.75 bits per heavy atom. The van der Waals surface area contributed by atoms with Crippen molar-refractivity contribution in [1.82, 2.24) is 4.98 Å². The molecule has 0 aliphatic carbocycles. The fourth-order valence-electron chi connectivity index (χ4n) is 1.92. The molecule has 20 heavy (non-hydrogen) atoms. The van der Waals surface area contributed by atoms with Crippen LogP contribution in [0.3, 0.4) is 0 Å². The summed E-state index contributed by atoms with van der Waals surface area (Å²) in [4.78, 5) is 13.4. The van der Waals surface area contributed by atoms with E-state index in [9.17, 15) is 9.18 Å². The zero-order valence-electron chi connectivity index (χ0n) is 11.5. The minimum absolute atomic E-state index is 0.307. The van der Waals surface area contributed by atoms with Crippen LogP contribution in [-0.2, 0) is 4.79 Å². The molecule has 2 rings (SSSR count). The fraction of sp³-hybridized carbons (Fsp3) is 0.118. The van der Waals surface area contributed by atoms with Gasteiger partial charge in [0, 0.05) is 11.7 Å². The summed E-state index contributed by atoms with van der Waals surface area (Å²) in [5, 5.41) is 1.05. The third-order valence-corrected chi connectivity index (χ3v) is 3.17. The molecule has 0 fully saturated rings. The molecule has 102 valence electrons. The Morgan fingerprint density at radius 1 is 1.20 bits per heavy atom. The van der Waals surface area contributed by atoms with Crippen molar-refractivity contribution in [3.05, 3.63) is 65.7 Å². The van der Waals surface area contributed by atoms with Crippen molar-refractivity contribution in [1.29, 1.82) is 0 Å². The Labute approximate surface area is 117 Å². The largest absolute Gasteiger partial charge is 0.361 e. The number of nitrogens with one attached hydrogen (secondary N) is 1. The van der Waals surface area contributed by atoms with Crippen molar-refractivity contribution < 1.29 is 9.18 Å². The topological polar surface area (TPSA) is 32.9 Å². The molecule has 0 spiro atoms. The first kappa shape index (κ1) is 14.0. The monoisotopic (exact) mass is 269 g/mol. The Hall–Kier alpha value is -2.42. The van der Waals surface area contributed by atoms with Crippen LogP contribution >= 0.6 is 0 Å². The van der Waals surface area contributed by atoms with Gasteiger partial charge in [-0.3, -0.25) is 4.79 Å². The van der Waals surface area contributed by atoms with E-state index in [-0.39, 0.29) is 5.83 Å². The quantitative estimate of drug-likeness (QED) is 0.492. The molecule has 1 heterocycles. The molecule has 3 heteroatoms. The third-order valence-electron chi connectivity index (χ3n) is 3.17. The average Bonchev–Trinajstić information content (AvgIpc) is 2.91. The smallest absolute Gasteiger partial charge is 0.143 e. The van der Waals surface area contributed by atoms with E-state index in [0.717, 1.165) is 16.5 Å². The zero-order chi connectivity index (χ0) is 14.5. The first-order chi connectivity index (χ1) is 9.61. The number of carbonyl (C=O) groups is 1. The lowest BCUT2D eigenvalue weighted by molar-refractivity contribution is -0.104.